The Labute approximate surface area is 185 Å². The minimum absolute atomic E-state index is 0.237. The lowest BCUT2D eigenvalue weighted by Gasteiger charge is -2.32. The first-order chi connectivity index (χ1) is 15.0. The molecule has 0 aliphatic carbocycles. The number of aromatic nitrogens is 2. The van der Waals surface area contributed by atoms with Crippen LogP contribution in [0.4, 0.5) is 23.1 Å². The summed E-state index contributed by atoms with van der Waals surface area (Å²) in [6.07, 6.45) is 2.61. The summed E-state index contributed by atoms with van der Waals surface area (Å²) in [5, 5.41) is 5.11. The second-order valence-corrected chi connectivity index (χ2v) is 7.73. The van der Waals surface area contributed by atoms with E-state index in [2.05, 4.69) is 23.7 Å². The highest BCUT2D eigenvalue weighted by Crippen LogP contribution is 2.35. The van der Waals surface area contributed by atoms with Crippen molar-refractivity contribution in [3.8, 4) is 0 Å². The normalized spacial score (nSPS) is 14.5. The van der Waals surface area contributed by atoms with Gasteiger partial charge in [0, 0.05) is 31.4 Å². The van der Waals surface area contributed by atoms with Gasteiger partial charge in [0.05, 0.1) is 18.8 Å². The molecule has 0 unspecified atom stereocenters. The third kappa shape index (κ3) is 5.94. The first kappa shape index (κ1) is 23.0. The minimum Gasteiger partial charge on any atom is -0.380 e. The van der Waals surface area contributed by atoms with Crippen molar-refractivity contribution in [1.82, 2.24) is 9.97 Å². The van der Waals surface area contributed by atoms with Crippen LogP contribution in [0.3, 0.4) is 0 Å². The summed E-state index contributed by atoms with van der Waals surface area (Å²) >= 11 is 0. The molecule has 1 aliphatic rings. The number of ether oxygens (including phenoxy) is 1. The summed E-state index contributed by atoms with van der Waals surface area (Å²) in [4.78, 5) is 12.0. The van der Waals surface area contributed by atoms with Crippen LogP contribution in [0.1, 0.15) is 38.8 Å². The van der Waals surface area contributed by atoms with Gasteiger partial charge in [-0.1, -0.05) is 31.7 Å². The van der Waals surface area contributed by atoms with Gasteiger partial charge in [-0.15, -0.1) is 0 Å². The molecule has 0 saturated carbocycles. The molecule has 0 amide bonds. The van der Waals surface area contributed by atoms with E-state index in [1.807, 2.05) is 37.3 Å². The summed E-state index contributed by atoms with van der Waals surface area (Å²) in [5.74, 6) is 7.83. The van der Waals surface area contributed by atoms with E-state index in [-0.39, 0.29) is 6.04 Å². The Kier molecular flexibility index (Phi) is 8.22. The topological polar surface area (TPSA) is 106 Å². The largest absolute Gasteiger partial charge is 0.380 e. The van der Waals surface area contributed by atoms with Crippen molar-refractivity contribution in [3.63, 3.8) is 0 Å². The summed E-state index contributed by atoms with van der Waals surface area (Å²) in [6, 6.07) is 10.2. The molecular formula is C23H35N7O. The first-order valence-electron chi connectivity index (χ1n) is 11.1. The fraction of sp³-hybridized carbons (Fsp3) is 0.478. The molecule has 2 heterocycles. The highest BCUT2D eigenvalue weighted by atomic mass is 16.5. The quantitative estimate of drug-likeness (QED) is 0.303. The number of nitrogens with zero attached hydrogens (tertiary/aromatic N) is 4. The van der Waals surface area contributed by atoms with E-state index in [0.717, 1.165) is 55.0 Å². The van der Waals surface area contributed by atoms with Crippen molar-refractivity contribution in [3.05, 3.63) is 42.6 Å². The summed E-state index contributed by atoms with van der Waals surface area (Å²) in [7, 11) is 0. The predicted octanol–water partition coefficient (Wildman–Crippen LogP) is 3.29. The Bertz CT molecular complexity index is 851. The van der Waals surface area contributed by atoms with Crippen molar-refractivity contribution in [1.29, 1.82) is 0 Å². The zero-order chi connectivity index (χ0) is 22.2. The van der Waals surface area contributed by atoms with Crippen molar-refractivity contribution in [2.75, 3.05) is 48.1 Å². The lowest BCUT2D eigenvalue weighted by Crippen LogP contribution is -2.41. The van der Waals surface area contributed by atoms with Gasteiger partial charge >= 0.3 is 0 Å². The van der Waals surface area contributed by atoms with Gasteiger partial charge in [0.1, 0.15) is 5.69 Å². The molecule has 5 N–H and O–H groups in total. The second kappa shape index (κ2) is 11.1. The summed E-state index contributed by atoms with van der Waals surface area (Å²) < 4.78 is 5.51. The number of allylic oxidation sites excluding steroid dienone is 1. The third-order valence-electron chi connectivity index (χ3n) is 5.46. The molecule has 1 saturated heterocycles. The van der Waals surface area contributed by atoms with Crippen LogP contribution in [0.2, 0.25) is 0 Å². The standard InChI is InChI=1S/C23H35N7O/c1-4-17(3)20-21(30(25)15-16-31-5-2)22(26-19-9-7-6-8-10-19)28-23(27-20)29-13-11-18(24)12-14-29/h6-10,18H,3-5,11-16,24-25H2,1-2H3,(H,26,27,28). The number of piperidine rings is 1. The van der Waals surface area contributed by atoms with Crippen LogP contribution in [-0.2, 0) is 4.74 Å². The van der Waals surface area contributed by atoms with Crippen LogP contribution in [0.5, 0.6) is 0 Å². The molecule has 1 fully saturated rings. The van der Waals surface area contributed by atoms with E-state index in [0.29, 0.717) is 31.5 Å². The van der Waals surface area contributed by atoms with Crippen LogP contribution in [-0.4, -0.2) is 48.9 Å². The number of hydrazine groups is 1. The number of hydrogen-bond acceptors (Lipinski definition) is 8. The molecule has 0 atom stereocenters. The van der Waals surface area contributed by atoms with Crippen LogP contribution in [0.25, 0.3) is 5.57 Å². The van der Waals surface area contributed by atoms with E-state index >= 15 is 0 Å². The summed E-state index contributed by atoms with van der Waals surface area (Å²) in [6.45, 7) is 11.6. The molecular weight excluding hydrogens is 390 g/mol. The molecule has 0 radical (unpaired) electrons. The van der Waals surface area contributed by atoms with Gasteiger partial charge in [-0.25, -0.2) is 10.8 Å². The lowest BCUT2D eigenvalue weighted by molar-refractivity contribution is 0.154. The van der Waals surface area contributed by atoms with E-state index in [1.165, 1.54) is 0 Å². The number of para-hydroxylation sites is 1. The van der Waals surface area contributed by atoms with Crippen LogP contribution >= 0.6 is 0 Å². The molecule has 0 spiro atoms. The van der Waals surface area contributed by atoms with E-state index in [9.17, 15) is 0 Å². The van der Waals surface area contributed by atoms with E-state index in [4.69, 9.17) is 26.3 Å². The van der Waals surface area contributed by atoms with Crippen LogP contribution < -0.4 is 26.8 Å². The molecule has 168 valence electrons. The van der Waals surface area contributed by atoms with Gasteiger partial charge in [-0.05, 0) is 43.9 Å². The monoisotopic (exact) mass is 425 g/mol. The lowest BCUT2D eigenvalue weighted by atomic mass is 10.1. The molecule has 2 aromatic rings. The molecule has 1 aliphatic heterocycles. The Morgan fingerprint density at radius 3 is 2.58 bits per heavy atom. The van der Waals surface area contributed by atoms with Crippen molar-refractivity contribution >= 4 is 28.7 Å². The van der Waals surface area contributed by atoms with Crippen LogP contribution in [0.15, 0.2) is 36.9 Å². The van der Waals surface area contributed by atoms with Crippen LogP contribution in [0, 0.1) is 0 Å². The van der Waals surface area contributed by atoms with E-state index in [1.54, 1.807) is 5.01 Å². The number of benzene rings is 1. The number of rotatable bonds is 10. The molecule has 8 heteroatoms. The highest BCUT2D eigenvalue weighted by molar-refractivity contribution is 5.83. The second-order valence-electron chi connectivity index (χ2n) is 7.73. The average molecular weight is 426 g/mol. The zero-order valence-corrected chi connectivity index (χ0v) is 18.7. The fourth-order valence-electron chi connectivity index (χ4n) is 3.53. The number of nitrogens with one attached hydrogen (secondary N) is 1. The number of nitrogens with two attached hydrogens (primary N) is 2. The van der Waals surface area contributed by atoms with Gasteiger partial charge in [-0.3, -0.25) is 0 Å². The van der Waals surface area contributed by atoms with E-state index < -0.39 is 0 Å². The van der Waals surface area contributed by atoms with Gasteiger partial charge in [0.25, 0.3) is 0 Å². The Hall–Kier alpha value is -2.68. The maximum absolute atomic E-state index is 6.49. The maximum atomic E-state index is 6.49. The molecule has 1 aromatic heterocycles. The van der Waals surface area contributed by atoms with Crippen molar-refractivity contribution < 1.29 is 4.74 Å². The van der Waals surface area contributed by atoms with Crippen molar-refractivity contribution in [2.45, 2.75) is 39.2 Å². The van der Waals surface area contributed by atoms with Gasteiger partial charge in [0.2, 0.25) is 5.95 Å². The van der Waals surface area contributed by atoms with Crippen molar-refractivity contribution in [2.24, 2.45) is 11.6 Å². The molecule has 0 bridgehead atoms. The number of anilines is 4. The SMILES string of the molecule is C=C(CC)c1nc(N2CCC(N)CC2)nc(Nc2ccccc2)c1N(N)CCOCC. The fourth-order valence-corrected chi connectivity index (χ4v) is 3.53. The predicted molar refractivity (Wildman–Crippen MR) is 129 cm³/mol. The minimum atomic E-state index is 0.237. The first-order valence-corrected chi connectivity index (χ1v) is 11.1. The molecule has 3 rings (SSSR count). The number of hydrogen-bond donors (Lipinski definition) is 3. The Morgan fingerprint density at radius 1 is 1.23 bits per heavy atom. The molecule has 8 nitrogen and oxygen atoms in total. The smallest absolute Gasteiger partial charge is 0.228 e. The van der Waals surface area contributed by atoms with Gasteiger partial charge < -0.3 is 25.7 Å². The zero-order valence-electron chi connectivity index (χ0n) is 18.7. The Morgan fingerprint density at radius 2 is 1.94 bits per heavy atom. The molecule has 1 aromatic carbocycles. The van der Waals surface area contributed by atoms with Gasteiger partial charge in [0.15, 0.2) is 5.82 Å². The highest BCUT2D eigenvalue weighted by Gasteiger charge is 2.24. The Balaban J connectivity index is 2.04. The molecule has 31 heavy (non-hydrogen) atoms. The maximum Gasteiger partial charge on any atom is 0.228 e. The third-order valence-corrected chi connectivity index (χ3v) is 5.46. The summed E-state index contributed by atoms with van der Waals surface area (Å²) in [5.41, 5.74) is 9.44. The van der Waals surface area contributed by atoms with Gasteiger partial charge in [-0.2, -0.15) is 4.98 Å². The average Bonchev–Trinajstić information content (AvgIpc) is 2.79.